The number of hydrogen-bond donors (Lipinski definition) is 2. The van der Waals surface area contributed by atoms with Crippen molar-refractivity contribution in [1.29, 1.82) is 0 Å². The number of anilines is 2. The number of nitrogen functional groups attached to an aromatic ring is 1. The third-order valence-electron chi connectivity index (χ3n) is 6.42. The van der Waals surface area contributed by atoms with E-state index in [0.717, 1.165) is 34.2 Å². The van der Waals surface area contributed by atoms with Gasteiger partial charge < -0.3 is 16.0 Å². The van der Waals surface area contributed by atoms with Gasteiger partial charge in [-0.1, -0.05) is 12.6 Å². The lowest BCUT2D eigenvalue weighted by atomic mass is 9.85. The van der Waals surface area contributed by atoms with Gasteiger partial charge in [0.1, 0.15) is 17.3 Å². The molecular weight excluding hydrogens is 462 g/mol. The molecule has 35 heavy (non-hydrogen) atoms. The van der Waals surface area contributed by atoms with E-state index in [4.69, 9.17) is 10.8 Å². The van der Waals surface area contributed by atoms with Crippen LogP contribution < -0.4 is 11.1 Å². The van der Waals surface area contributed by atoms with Crippen molar-refractivity contribution in [1.82, 2.24) is 24.6 Å². The van der Waals surface area contributed by atoms with Gasteiger partial charge in [0, 0.05) is 25.5 Å². The van der Waals surface area contributed by atoms with Crippen LogP contribution in [-0.4, -0.2) is 49.6 Å². The Bertz CT molecular complexity index is 1440. The number of nitrogens with two attached hydrogens (primary N) is 1. The van der Waals surface area contributed by atoms with Gasteiger partial charge in [-0.05, 0) is 55.7 Å². The summed E-state index contributed by atoms with van der Waals surface area (Å²) in [6.07, 6.45) is 6.22. The van der Waals surface area contributed by atoms with E-state index in [1.54, 1.807) is 36.5 Å². The molecule has 0 unspecified atom stereocenters. The molecule has 5 rings (SSSR count). The average Bonchev–Trinajstić information content (AvgIpc) is 3.40. The number of pyridine rings is 2. The van der Waals surface area contributed by atoms with Crippen LogP contribution in [0.3, 0.4) is 0 Å². The van der Waals surface area contributed by atoms with Gasteiger partial charge in [0.05, 0.1) is 26.7 Å². The van der Waals surface area contributed by atoms with Crippen LogP contribution in [0.25, 0.3) is 21.5 Å². The summed E-state index contributed by atoms with van der Waals surface area (Å²) in [7, 11) is 1.80. The second kappa shape index (κ2) is 8.95. The number of aryl methyl sites for hydroxylation is 1. The van der Waals surface area contributed by atoms with Crippen LogP contribution in [0.1, 0.15) is 34.1 Å². The Morgan fingerprint density at radius 3 is 2.77 bits per heavy atom. The number of aromatic nitrogens is 4. The number of carbonyl (C=O) groups excluding carboxylic acids is 2. The molecule has 0 bridgehead atoms. The summed E-state index contributed by atoms with van der Waals surface area (Å²) in [5.41, 5.74) is 8.84. The van der Waals surface area contributed by atoms with E-state index in [1.165, 1.54) is 17.4 Å². The lowest BCUT2D eigenvalue weighted by molar-refractivity contribution is -0.129. The van der Waals surface area contributed by atoms with Crippen LogP contribution >= 0.6 is 11.3 Å². The summed E-state index contributed by atoms with van der Waals surface area (Å²) >= 11 is 1.36. The monoisotopic (exact) mass is 487 g/mol. The molecule has 9 nitrogen and oxygen atoms in total. The van der Waals surface area contributed by atoms with E-state index in [9.17, 15) is 9.59 Å². The van der Waals surface area contributed by atoms with Crippen LogP contribution in [0.4, 0.5) is 11.6 Å². The first-order valence-corrected chi connectivity index (χ1v) is 12.0. The van der Waals surface area contributed by atoms with Crippen LogP contribution in [0, 0.1) is 6.92 Å². The van der Waals surface area contributed by atoms with Crippen LogP contribution in [0.5, 0.6) is 0 Å². The maximum Gasteiger partial charge on any atom is 0.266 e. The summed E-state index contributed by atoms with van der Waals surface area (Å²) in [6.45, 7) is 5.53. The third kappa shape index (κ3) is 4.06. The number of amides is 2. The number of likely N-dealkylation sites (N-methyl/N-ethyl adjacent to an activating group) is 1. The highest BCUT2D eigenvalue weighted by Crippen LogP contribution is 2.42. The lowest BCUT2D eigenvalue weighted by Crippen LogP contribution is -2.45. The minimum Gasteiger partial charge on any atom is -0.383 e. The number of hydrogen-bond acceptors (Lipinski definition) is 7. The number of carbonyl (C=O) groups is 2. The molecule has 4 aromatic heterocycles. The van der Waals surface area contributed by atoms with Crippen molar-refractivity contribution < 1.29 is 9.59 Å². The SMILES string of the molecule is C=CC(=O)N(C)[C@H]1C[C@@H](n2nc(-c3sc(C(=O)Nc4ccccn4)cc3C)c3c(N)nccc32)C1. The minimum atomic E-state index is -0.227. The number of nitrogens with one attached hydrogen (secondary N) is 1. The molecule has 4 heterocycles. The summed E-state index contributed by atoms with van der Waals surface area (Å²) in [4.78, 5) is 36.4. The smallest absolute Gasteiger partial charge is 0.266 e. The van der Waals surface area contributed by atoms with Gasteiger partial charge in [-0.25, -0.2) is 9.97 Å². The molecule has 0 aromatic carbocycles. The van der Waals surface area contributed by atoms with E-state index >= 15 is 0 Å². The Kier molecular flexibility index (Phi) is 5.81. The maximum absolute atomic E-state index is 12.8. The fourth-order valence-corrected chi connectivity index (χ4v) is 5.45. The molecular formula is C25H25N7O2S. The summed E-state index contributed by atoms with van der Waals surface area (Å²) in [5, 5.41) is 8.56. The van der Waals surface area contributed by atoms with E-state index < -0.39 is 0 Å². The molecule has 3 N–H and O–H groups in total. The van der Waals surface area contributed by atoms with E-state index in [2.05, 4.69) is 21.9 Å². The molecule has 1 saturated carbocycles. The largest absolute Gasteiger partial charge is 0.383 e. The zero-order valence-corrected chi connectivity index (χ0v) is 20.2. The molecule has 1 fully saturated rings. The van der Waals surface area contributed by atoms with Crippen molar-refractivity contribution in [2.45, 2.75) is 31.8 Å². The molecule has 0 spiro atoms. The Balaban J connectivity index is 1.47. The van der Waals surface area contributed by atoms with Gasteiger partial charge >= 0.3 is 0 Å². The maximum atomic E-state index is 12.8. The summed E-state index contributed by atoms with van der Waals surface area (Å²) in [6, 6.07) is 9.38. The quantitative estimate of drug-likeness (QED) is 0.396. The predicted molar refractivity (Wildman–Crippen MR) is 137 cm³/mol. The second-order valence-electron chi connectivity index (χ2n) is 8.61. The van der Waals surface area contributed by atoms with Gasteiger partial charge in [-0.15, -0.1) is 11.3 Å². The summed E-state index contributed by atoms with van der Waals surface area (Å²) in [5.74, 6) is 0.576. The third-order valence-corrected chi connectivity index (χ3v) is 7.66. The Hall–Kier alpha value is -4.05. The molecule has 1 aliphatic carbocycles. The van der Waals surface area contributed by atoms with Crippen molar-refractivity contribution in [3.63, 3.8) is 0 Å². The fraction of sp³-hybridized carbons (Fsp3) is 0.240. The zero-order valence-electron chi connectivity index (χ0n) is 19.4. The predicted octanol–water partition coefficient (Wildman–Crippen LogP) is 4.05. The Labute approximate surface area is 206 Å². The molecule has 0 atom stereocenters. The van der Waals surface area contributed by atoms with Gasteiger partial charge in [0.2, 0.25) is 5.91 Å². The molecule has 4 aromatic rings. The number of thiophene rings is 1. The van der Waals surface area contributed by atoms with Crippen LogP contribution in [-0.2, 0) is 4.79 Å². The Morgan fingerprint density at radius 2 is 2.06 bits per heavy atom. The topological polar surface area (TPSA) is 119 Å². The van der Waals surface area contributed by atoms with Gasteiger partial charge in [0.25, 0.3) is 5.91 Å². The van der Waals surface area contributed by atoms with Crippen molar-refractivity contribution >= 4 is 45.7 Å². The first kappa shape index (κ1) is 22.7. The highest BCUT2D eigenvalue weighted by atomic mass is 32.1. The molecule has 10 heteroatoms. The molecule has 178 valence electrons. The van der Waals surface area contributed by atoms with Crippen molar-refractivity contribution in [3.05, 3.63) is 65.8 Å². The van der Waals surface area contributed by atoms with Gasteiger partial charge in [-0.2, -0.15) is 5.10 Å². The molecule has 0 radical (unpaired) electrons. The van der Waals surface area contributed by atoms with Crippen molar-refractivity contribution in [2.75, 3.05) is 18.1 Å². The second-order valence-corrected chi connectivity index (χ2v) is 9.66. The highest BCUT2D eigenvalue weighted by molar-refractivity contribution is 7.17. The van der Waals surface area contributed by atoms with Gasteiger partial charge in [0.15, 0.2) is 0 Å². The summed E-state index contributed by atoms with van der Waals surface area (Å²) < 4.78 is 1.98. The molecule has 0 saturated heterocycles. The average molecular weight is 488 g/mol. The van der Waals surface area contributed by atoms with Crippen LogP contribution in [0.2, 0.25) is 0 Å². The van der Waals surface area contributed by atoms with Gasteiger partial charge in [-0.3, -0.25) is 14.3 Å². The van der Waals surface area contributed by atoms with E-state index in [-0.39, 0.29) is 23.9 Å². The minimum absolute atomic E-state index is 0.0846. The standard InChI is InChI=1S/C25H25N7O2S/c1-4-20(33)31(3)15-12-16(13-15)32-17-8-10-28-24(26)21(17)22(30-32)23-14(2)11-18(35-23)25(34)29-19-7-5-6-9-27-19/h4-11,15-16H,1,12-13H2,2-3H3,(H2,26,28)(H,27,29,34)/t15-,16+. The fourth-order valence-electron chi connectivity index (χ4n) is 4.39. The normalized spacial score (nSPS) is 17.1. The lowest BCUT2D eigenvalue weighted by Gasteiger charge is -2.41. The molecule has 1 aliphatic rings. The first-order chi connectivity index (χ1) is 16.9. The van der Waals surface area contributed by atoms with E-state index in [0.29, 0.717) is 22.2 Å². The molecule has 0 aliphatic heterocycles. The highest BCUT2D eigenvalue weighted by Gasteiger charge is 2.37. The Morgan fingerprint density at radius 1 is 1.26 bits per heavy atom. The van der Waals surface area contributed by atoms with Crippen molar-refractivity contribution in [2.24, 2.45) is 0 Å². The van der Waals surface area contributed by atoms with Crippen molar-refractivity contribution in [3.8, 4) is 10.6 Å². The number of fused-ring (bicyclic) bond motifs is 1. The first-order valence-electron chi connectivity index (χ1n) is 11.2. The zero-order chi connectivity index (χ0) is 24.7. The number of nitrogens with zero attached hydrogens (tertiary/aromatic N) is 5. The van der Waals surface area contributed by atoms with E-state index in [1.807, 2.05) is 29.8 Å². The van der Waals surface area contributed by atoms with Crippen LogP contribution in [0.15, 0.2) is 55.4 Å². The number of rotatable bonds is 6. The molecule has 2 amide bonds.